The number of nitrogens with one attached hydrogen (secondary N) is 1. The second kappa shape index (κ2) is 9.22. The lowest BCUT2D eigenvalue weighted by Gasteiger charge is -2.35. The Morgan fingerprint density at radius 2 is 1.78 bits per heavy atom. The highest BCUT2D eigenvalue weighted by molar-refractivity contribution is 7.89. The molecule has 1 aromatic rings. The summed E-state index contributed by atoms with van der Waals surface area (Å²) in [6.45, 7) is 7.07. The van der Waals surface area contributed by atoms with E-state index in [9.17, 15) is 21.6 Å². The number of hydrogen-bond acceptors (Lipinski definition) is 5. The fourth-order valence-corrected chi connectivity index (χ4v) is 4.03. The van der Waals surface area contributed by atoms with Crippen LogP contribution in [0.15, 0.2) is 29.2 Å². The van der Waals surface area contributed by atoms with Gasteiger partial charge >= 0.3 is 6.36 Å². The van der Waals surface area contributed by atoms with E-state index in [-0.39, 0.29) is 17.5 Å². The molecule has 6 nitrogen and oxygen atoms in total. The summed E-state index contributed by atoms with van der Waals surface area (Å²) in [4.78, 5) is 2.09. The van der Waals surface area contributed by atoms with Crippen molar-refractivity contribution >= 4 is 10.0 Å². The lowest BCUT2D eigenvalue weighted by atomic mass is 10.0. The molecular weight excluding hydrogens is 385 g/mol. The molecular formula is C17H25F3N2O4S. The molecule has 0 aliphatic carbocycles. The Hall–Kier alpha value is -1.36. The van der Waals surface area contributed by atoms with E-state index in [1.54, 1.807) is 0 Å². The standard InChI is InChI=1S/C17H25F3N2O4S/c1-13(2)11-14(22-7-9-25-10-8-22)12-21-27(23,24)16-5-3-15(4-6-16)26-17(18,19)20/h3-6,13-14,21H,7-12H2,1-2H3/t14-/m0/s1. The van der Waals surface area contributed by atoms with Gasteiger partial charge in [-0.1, -0.05) is 13.8 Å². The molecule has 1 heterocycles. The van der Waals surface area contributed by atoms with E-state index in [2.05, 4.69) is 28.2 Å². The third-order valence-electron chi connectivity index (χ3n) is 4.18. The van der Waals surface area contributed by atoms with Gasteiger partial charge in [-0.25, -0.2) is 13.1 Å². The van der Waals surface area contributed by atoms with Gasteiger partial charge < -0.3 is 9.47 Å². The Labute approximate surface area is 157 Å². The molecule has 0 saturated carbocycles. The summed E-state index contributed by atoms with van der Waals surface area (Å²) in [5, 5.41) is 0. The van der Waals surface area contributed by atoms with E-state index in [1.165, 1.54) is 0 Å². The first kappa shape index (κ1) is 21.9. The van der Waals surface area contributed by atoms with Crippen molar-refractivity contribution in [1.82, 2.24) is 9.62 Å². The molecule has 1 saturated heterocycles. The fourth-order valence-electron chi connectivity index (χ4n) is 2.96. The molecule has 0 unspecified atom stereocenters. The molecule has 0 bridgehead atoms. The normalized spacial score (nSPS) is 17.9. The van der Waals surface area contributed by atoms with Crippen LogP contribution in [0.1, 0.15) is 20.3 Å². The fraction of sp³-hybridized carbons (Fsp3) is 0.647. The van der Waals surface area contributed by atoms with Gasteiger partial charge in [-0.3, -0.25) is 4.90 Å². The zero-order valence-corrected chi connectivity index (χ0v) is 16.1. The summed E-state index contributed by atoms with van der Waals surface area (Å²) < 4.78 is 73.2. The van der Waals surface area contributed by atoms with Crippen LogP contribution in [0.5, 0.6) is 5.75 Å². The van der Waals surface area contributed by atoms with Crippen LogP contribution in [0.3, 0.4) is 0 Å². The van der Waals surface area contributed by atoms with Crippen molar-refractivity contribution in [2.24, 2.45) is 5.92 Å². The van der Waals surface area contributed by atoms with Gasteiger partial charge in [0.05, 0.1) is 18.1 Å². The molecule has 1 aliphatic rings. The largest absolute Gasteiger partial charge is 0.573 e. The monoisotopic (exact) mass is 410 g/mol. The van der Waals surface area contributed by atoms with Crippen LogP contribution >= 0.6 is 0 Å². The number of rotatable bonds is 8. The van der Waals surface area contributed by atoms with Gasteiger partial charge in [-0.2, -0.15) is 0 Å². The third-order valence-corrected chi connectivity index (χ3v) is 5.62. The van der Waals surface area contributed by atoms with E-state index >= 15 is 0 Å². The van der Waals surface area contributed by atoms with Crippen LogP contribution < -0.4 is 9.46 Å². The summed E-state index contributed by atoms with van der Waals surface area (Å²) in [5.41, 5.74) is 0. The maximum Gasteiger partial charge on any atom is 0.573 e. The number of sulfonamides is 1. The zero-order valence-electron chi connectivity index (χ0n) is 15.3. The Balaban J connectivity index is 2.02. The van der Waals surface area contributed by atoms with Gasteiger partial charge in [-0.15, -0.1) is 13.2 Å². The minimum Gasteiger partial charge on any atom is -0.406 e. The van der Waals surface area contributed by atoms with E-state index in [4.69, 9.17) is 4.74 Å². The second-order valence-corrected chi connectivity index (χ2v) is 8.57. The SMILES string of the molecule is CC(C)C[C@@H](CNS(=O)(=O)c1ccc(OC(F)(F)F)cc1)N1CCOCC1. The van der Waals surface area contributed by atoms with Crippen LogP contribution in [0.4, 0.5) is 13.2 Å². The first-order valence-corrected chi connectivity index (χ1v) is 10.2. The molecule has 1 aromatic carbocycles. The lowest BCUT2D eigenvalue weighted by Crippen LogP contribution is -2.49. The maximum atomic E-state index is 12.5. The predicted molar refractivity (Wildman–Crippen MR) is 93.9 cm³/mol. The smallest absolute Gasteiger partial charge is 0.406 e. The van der Waals surface area contributed by atoms with Gasteiger partial charge in [0.2, 0.25) is 10.0 Å². The first-order valence-electron chi connectivity index (χ1n) is 8.74. The Morgan fingerprint density at radius 3 is 2.30 bits per heavy atom. The average Bonchev–Trinajstić information content (AvgIpc) is 2.58. The quantitative estimate of drug-likeness (QED) is 0.714. The Kier molecular flexibility index (Phi) is 7.49. The third kappa shape index (κ3) is 7.28. The van der Waals surface area contributed by atoms with Crippen LogP contribution in [-0.2, 0) is 14.8 Å². The molecule has 154 valence electrons. The van der Waals surface area contributed by atoms with Crippen LogP contribution in [0, 0.1) is 5.92 Å². The van der Waals surface area contributed by atoms with Crippen LogP contribution in [0.25, 0.3) is 0 Å². The van der Waals surface area contributed by atoms with Crippen LogP contribution in [0.2, 0.25) is 0 Å². The molecule has 1 atom stereocenters. The van der Waals surface area contributed by atoms with Crippen molar-refractivity contribution in [3.05, 3.63) is 24.3 Å². The molecule has 1 fully saturated rings. The van der Waals surface area contributed by atoms with Crippen molar-refractivity contribution < 1.29 is 31.1 Å². The molecule has 27 heavy (non-hydrogen) atoms. The minimum atomic E-state index is -4.82. The van der Waals surface area contributed by atoms with E-state index in [1.807, 2.05) is 0 Å². The highest BCUT2D eigenvalue weighted by Gasteiger charge is 2.31. The van der Waals surface area contributed by atoms with Gasteiger partial charge in [-0.05, 0) is 36.6 Å². The Bertz CT molecular complexity index is 687. The molecule has 1 N–H and O–H groups in total. The molecule has 0 radical (unpaired) electrons. The van der Waals surface area contributed by atoms with Gasteiger partial charge in [0.15, 0.2) is 0 Å². The Morgan fingerprint density at radius 1 is 1.19 bits per heavy atom. The predicted octanol–water partition coefficient (Wildman–Crippen LogP) is 2.61. The summed E-state index contributed by atoms with van der Waals surface area (Å²) in [7, 11) is -3.83. The number of nitrogens with zero attached hydrogens (tertiary/aromatic N) is 1. The highest BCUT2D eigenvalue weighted by atomic mass is 32.2. The minimum absolute atomic E-state index is 0.0245. The molecule has 0 spiro atoms. The average molecular weight is 410 g/mol. The number of hydrogen-bond donors (Lipinski definition) is 1. The molecule has 2 rings (SSSR count). The van der Waals surface area contributed by atoms with Gasteiger partial charge in [0, 0.05) is 25.7 Å². The van der Waals surface area contributed by atoms with Crippen molar-refractivity contribution in [3.63, 3.8) is 0 Å². The number of halogens is 3. The summed E-state index contributed by atoms with van der Waals surface area (Å²) in [6, 6.07) is 4.17. The van der Waals surface area contributed by atoms with E-state index < -0.39 is 22.1 Å². The van der Waals surface area contributed by atoms with Crippen molar-refractivity contribution in [1.29, 1.82) is 0 Å². The van der Waals surface area contributed by atoms with Crippen LogP contribution in [-0.4, -0.2) is 58.6 Å². The lowest BCUT2D eigenvalue weighted by molar-refractivity contribution is -0.274. The summed E-state index contributed by atoms with van der Waals surface area (Å²) in [6.07, 6.45) is -4.00. The van der Waals surface area contributed by atoms with Crippen molar-refractivity contribution in [3.8, 4) is 5.75 Å². The summed E-state index contributed by atoms with van der Waals surface area (Å²) in [5.74, 6) is -0.0754. The zero-order chi connectivity index (χ0) is 20.1. The number of benzene rings is 1. The number of ether oxygens (including phenoxy) is 2. The highest BCUT2D eigenvalue weighted by Crippen LogP contribution is 2.24. The molecule has 0 aromatic heterocycles. The first-order chi connectivity index (χ1) is 12.6. The van der Waals surface area contributed by atoms with E-state index in [0.29, 0.717) is 19.1 Å². The van der Waals surface area contributed by atoms with Gasteiger partial charge in [0.25, 0.3) is 0 Å². The van der Waals surface area contributed by atoms with Gasteiger partial charge in [0.1, 0.15) is 5.75 Å². The van der Waals surface area contributed by atoms with Crippen molar-refractivity contribution in [2.75, 3.05) is 32.8 Å². The molecule has 1 aliphatic heterocycles. The second-order valence-electron chi connectivity index (χ2n) is 6.80. The number of morpholine rings is 1. The topological polar surface area (TPSA) is 67.9 Å². The number of alkyl halides is 3. The van der Waals surface area contributed by atoms with E-state index in [0.717, 1.165) is 43.8 Å². The van der Waals surface area contributed by atoms with Crippen molar-refractivity contribution in [2.45, 2.75) is 37.6 Å². The summed E-state index contributed by atoms with van der Waals surface area (Å²) >= 11 is 0. The molecule has 10 heteroatoms. The maximum absolute atomic E-state index is 12.5. The molecule has 0 amide bonds.